The highest BCUT2D eigenvalue weighted by Gasteiger charge is 2.07. The molecule has 0 aliphatic heterocycles. The van der Waals surface area contributed by atoms with Crippen LogP contribution in [-0.2, 0) is 0 Å². The summed E-state index contributed by atoms with van der Waals surface area (Å²) in [5, 5.41) is 0. The molecule has 0 aromatic carbocycles. The molecule has 28 heavy (non-hydrogen) atoms. The standard InChI is InChI=1S/C27H54Si/c1-4-7-9-11-13-15-17-19-21-23-25-27(28-6-3)26-24-22-20-18-16-14-12-10-8-5-2/h6,27H,3-5,7-26H2,1-2H3. The summed E-state index contributed by atoms with van der Waals surface area (Å²) < 4.78 is 0. The Bertz CT molecular complexity index is 262. The average Bonchev–Trinajstić information content (AvgIpc) is 2.70. The van der Waals surface area contributed by atoms with E-state index in [9.17, 15) is 0 Å². The first kappa shape index (κ1) is 28.0. The Kier molecular flexibility index (Phi) is 25.0. The molecule has 0 aromatic rings. The second-order valence-corrected chi connectivity index (χ2v) is 10.6. The van der Waals surface area contributed by atoms with Gasteiger partial charge in [0, 0.05) is 0 Å². The Labute approximate surface area is 182 Å². The van der Waals surface area contributed by atoms with E-state index >= 15 is 0 Å². The third-order valence-electron chi connectivity index (χ3n) is 6.17. The largest absolute Gasteiger partial charge is 0.107 e. The molecule has 0 spiro atoms. The normalized spacial score (nSPS) is 11.4. The lowest BCUT2D eigenvalue weighted by Crippen LogP contribution is -2.02. The van der Waals surface area contributed by atoms with Crippen LogP contribution in [0.15, 0.2) is 12.3 Å². The van der Waals surface area contributed by atoms with E-state index in [2.05, 4.69) is 26.1 Å². The molecular formula is C27H54Si. The smallest absolute Gasteiger partial charge is 0.0729 e. The van der Waals surface area contributed by atoms with Crippen LogP contribution in [0.5, 0.6) is 0 Å². The first-order valence-corrected chi connectivity index (χ1v) is 14.4. The zero-order valence-electron chi connectivity index (χ0n) is 19.9. The van der Waals surface area contributed by atoms with Gasteiger partial charge < -0.3 is 0 Å². The fourth-order valence-electron chi connectivity index (χ4n) is 4.23. The van der Waals surface area contributed by atoms with Crippen LogP contribution >= 0.6 is 0 Å². The van der Waals surface area contributed by atoms with E-state index in [0.717, 1.165) is 15.1 Å². The minimum atomic E-state index is 0.945. The van der Waals surface area contributed by atoms with Crippen molar-refractivity contribution in [2.75, 3.05) is 0 Å². The number of hydrogen-bond donors (Lipinski definition) is 0. The molecule has 166 valence electrons. The molecule has 0 saturated carbocycles. The van der Waals surface area contributed by atoms with Crippen LogP contribution in [0.3, 0.4) is 0 Å². The molecule has 0 N–H and O–H groups in total. The minimum absolute atomic E-state index is 0.945. The molecule has 0 bridgehead atoms. The van der Waals surface area contributed by atoms with Crippen molar-refractivity contribution in [2.45, 2.75) is 161 Å². The van der Waals surface area contributed by atoms with E-state index in [1.807, 2.05) is 0 Å². The Morgan fingerprint density at radius 2 is 0.786 bits per heavy atom. The van der Waals surface area contributed by atoms with E-state index in [-0.39, 0.29) is 0 Å². The third-order valence-corrected chi connectivity index (χ3v) is 7.45. The molecule has 0 aliphatic carbocycles. The molecule has 0 unspecified atom stereocenters. The van der Waals surface area contributed by atoms with E-state index in [4.69, 9.17) is 0 Å². The summed E-state index contributed by atoms with van der Waals surface area (Å²) in [7, 11) is 0.993. The van der Waals surface area contributed by atoms with Gasteiger partial charge in [-0.05, 0) is 5.54 Å². The van der Waals surface area contributed by atoms with Gasteiger partial charge in [-0.2, -0.15) is 0 Å². The second kappa shape index (κ2) is 25.0. The van der Waals surface area contributed by atoms with Gasteiger partial charge in [-0.3, -0.25) is 0 Å². The fourth-order valence-corrected chi connectivity index (χ4v) is 5.31. The third kappa shape index (κ3) is 22.2. The molecule has 0 atom stereocenters. The molecule has 0 saturated heterocycles. The van der Waals surface area contributed by atoms with Crippen molar-refractivity contribution in [3.8, 4) is 0 Å². The van der Waals surface area contributed by atoms with E-state index in [1.165, 1.54) is 141 Å². The minimum Gasteiger partial charge on any atom is -0.107 e. The fraction of sp³-hybridized carbons (Fsp3) is 0.926. The highest BCUT2D eigenvalue weighted by Crippen LogP contribution is 2.23. The summed E-state index contributed by atoms with van der Waals surface area (Å²) in [6, 6.07) is 0. The van der Waals surface area contributed by atoms with Crippen LogP contribution in [0.4, 0.5) is 0 Å². The van der Waals surface area contributed by atoms with Crippen molar-refractivity contribution >= 4 is 9.52 Å². The van der Waals surface area contributed by atoms with Gasteiger partial charge in [0.2, 0.25) is 0 Å². The maximum absolute atomic E-state index is 4.01. The molecule has 2 radical (unpaired) electrons. The van der Waals surface area contributed by atoms with Gasteiger partial charge in [0.1, 0.15) is 0 Å². The second-order valence-electron chi connectivity index (χ2n) is 9.01. The zero-order valence-corrected chi connectivity index (χ0v) is 20.9. The molecule has 0 amide bonds. The van der Waals surface area contributed by atoms with Crippen LogP contribution in [0, 0.1) is 0 Å². The SMILES string of the molecule is C=C[Si]C(CCCCCCCCCCCC)CCCCCCCCCCCC. The van der Waals surface area contributed by atoms with Crippen molar-refractivity contribution < 1.29 is 0 Å². The summed E-state index contributed by atoms with van der Waals surface area (Å²) in [5.41, 5.74) is 3.14. The first-order valence-electron chi connectivity index (χ1n) is 13.2. The zero-order chi connectivity index (χ0) is 20.5. The lowest BCUT2D eigenvalue weighted by atomic mass is 10.0. The van der Waals surface area contributed by atoms with Crippen molar-refractivity contribution in [3.05, 3.63) is 12.3 Å². The molecule has 0 aromatic heterocycles. The number of unbranched alkanes of at least 4 members (excludes halogenated alkanes) is 18. The lowest BCUT2D eigenvalue weighted by molar-refractivity contribution is 0.517. The average molecular weight is 407 g/mol. The maximum atomic E-state index is 4.01. The molecule has 0 fully saturated rings. The topological polar surface area (TPSA) is 0 Å². The summed E-state index contributed by atoms with van der Waals surface area (Å²) in [5.74, 6) is 0. The highest BCUT2D eigenvalue weighted by molar-refractivity contribution is 6.43. The van der Waals surface area contributed by atoms with Crippen molar-refractivity contribution in [2.24, 2.45) is 0 Å². The van der Waals surface area contributed by atoms with Gasteiger partial charge in [0.15, 0.2) is 0 Å². The Balaban J connectivity index is 3.42. The number of rotatable bonds is 24. The predicted octanol–water partition coefficient (Wildman–Crippen LogP) is 10.2. The molecule has 0 aliphatic rings. The molecular weight excluding hydrogens is 352 g/mol. The van der Waals surface area contributed by atoms with E-state index < -0.39 is 0 Å². The van der Waals surface area contributed by atoms with Gasteiger partial charge in [-0.25, -0.2) is 0 Å². The summed E-state index contributed by atoms with van der Waals surface area (Å²) in [6.07, 6.45) is 32.0. The van der Waals surface area contributed by atoms with Gasteiger partial charge in [-0.1, -0.05) is 155 Å². The van der Waals surface area contributed by atoms with Crippen molar-refractivity contribution in [3.63, 3.8) is 0 Å². The molecule has 0 heterocycles. The first-order chi connectivity index (χ1) is 13.8. The van der Waals surface area contributed by atoms with Gasteiger partial charge >= 0.3 is 0 Å². The van der Waals surface area contributed by atoms with Crippen LogP contribution in [0.25, 0.3) is 0 Å². The lowest BCUT2D eigenvalue weighted by Gasteiger charge is -2.14. The Hall–Kier alpha value is -0.0431. The Morgan fingerprint density at radius 3 is 1.07 bits per heavy atom. The van der Waals surface area contributed by atoms with Crippen LogP contribution in [0.1, 0.15) is 155 Å². The molecule has 0 rings (SSSR count). The van der Waals surface area contributed by atoms with Gasteiger partial charge in [0.25, 0.3) is 0 Å². The van der Waals surface area contributed by atoms with Gasteiger partial charge in [-0.15, -0.1) is 12.3 Å². The van der Waals surface area contributed by atoms with Crippen molar-refractivity contribution in [1.29, 1.82) is 0 Å². The predicted molar refractivity (Wildman–Crippen MR) is 133 cm³/mol. The van der Waals surface area contributed by atoms with E-state index in [1.54, 1.807) is 0 Å². The summed E-state index contributed by atoms with van der Waals surface area (Å²) >= 11 is 0. The monoisotopic (exact) mass is 406 g/mol. The van der Waals surface area contributed by atoms with Crippen LogP contribution in [0.2, 0.25) is 5.54 Å². The maximum Gasteiger partial charge on any atom is 0.0729 e. The van der Waals surface area contributed by atoms with Crippen LogP contribution < -0.4 is 0 Å². The van der Waals surface area contributed by atoms with Crippen LogP contribution in [-0.4, -0.2) is 9.52 Å². The molecule has 1 heteroatoms. The summed E-state index contributed by atoms with van der Waals surface area (Å²) in [4.78, 5) is 0. The number of hydrogen-bond acceptors (Lipinski definition) is 0. The quantitative estimate of drug-likeness (QED) is 0.110. The highest BCUT2D eigenvalue weighted by atomic mass is 28.2. The van der Waals surface area contributed by atoms with Crippen molar-refractivity contribution in [1.82, 2.24) is 0 Å². The summed E-state index contributed by atoms with van der Waals surface area (Å²) in [6.45, 7) is 8.62. The Morgan fingerprint density at radius 1 is 0.500 bits per heavy atom. The molecule has 0 nitrogen and oxygen atoms in total. The van der Waals surface area contributed by atoms with Gasteiger partial charge in [0.05, 0.1) is 9.52 Å². The van der Waals surface area contributed by atoms with E-state index in [0.29, 0.717) is 0 Å².